The van der Waals surface area contributed by atoms with Crippen LogP contribution in [0.4, 0.5) is 0 Å². The first-order chi connectivity index (χ1) is 7.94. The number of ether oxygens (including phenoxy) is 1. The van der Waals surface area contributed by atoms with Gasteiger partial charge in [0.05, 0.1) is 6.10 Å². The van der Waals surface area contributed by atoms with Gasteiger partial charge in [-0.05, 0) is 31.7 Å². The third-order valence-electron chi connectivity index (χ3n) is 3.64. The smallest absolute Gasteiger partial charge is 0.129 e. The molecule has 0 amide bonds. The summed E-state index contributed by atoms with van der Waals surface area (Å²) >= 11 is 0. The minimum atomic E-state index is -0.405. The lowest BCUT2D eigenvalue weighted by molar-refractivity contribution is 0.0104. The third kappa shape index (κ3) is 2.32. The molecule has 0 spiro atoms. The van der Waals surface area contributed by atoms with E-state index >= 15 is 0 Å². The van der Waals surface area contributed by atoms with E-state index in [1.807, 2.05) is 26.0 Å². The highest BCUT2D eigenvalue weighted by Crippen LogP contribution is 2.43. The quantitative estimate of drug-likeness (QED) is 0.843. The number of aliphatic hydroxyl groups is 1. The summed E-state index contributed by atoms with van der Waals surface area (Å²) in [5, 5.41) is 10.2. The summed E-state index contributed by atoms with van der Waals surface area (Å²) in [4.78, 5) is 0. The van der Waals surface area contributed by atoms with Crippen molar-refractivity contribution in [2.75, 3.05) is 0 Å². The fourth-order valence-corrected chi connectivity index (χ4v) is 2.46. The normalized spacial score (nSPS) is 23.7. The van der Waals surface area contributed by atoms with Crippen LogP contribution in [-0.2, 0) is 0 Å². The van der Waals surface area contributed by atoms with Crippen LogP contribution < -0.4 is 4.74 Å². The Balaban J connectivity index is 2.49. The van der Waals surface area contributed by atoms with Crippen LogP contribution in [0.2, 0.25) is 0 Å². The zero-order valence-corrected chi connectivity index (χ0v) is 11.2. The molecule has 2 heteroatoms. The second-order valence-electron chi connectivity index (χ2n) is 5.66. The van der Waals surface area contributed by atoms with Crippen molar-refractivity contribution >= 4 is 0 Å². The van der Waals surface area contributed by atoms with Gasteiger partial charge in [0, 0.05) is 12.0 Å². The first-order valence-electron chi connectivity index (χ1n) is 6.44. The number of rotatable bonds is 2. The van der Waals surface area contributed by atoms with Crippen molar-refractivity contribution in [2.24, 2.45) is 0 Å². The largest absolute Gasteiger partial charge is 0.487 e. The van der Waals surface area contributed by atoms with Crippen molar-refractivity contribution in [3.8, 4) is 5.75 Å². The maximum Gasteiger partial charge on any atom is 0.129 e. The van der Waals surface area contributed by atoms with Crippen LogP contribution in [0, 0.1) is 0 Å². The molecule has 1 heterocycles. The Morgan fingerprint density at radius 1 is 1.47 bits per heavy atom. The molecule has 1 aliphatic rings. The number of hydrogen-bond donors (Lipinski definition) is 1. The van der Waals surface area contributed by atoms with Crippen molar-refractivity contribution in [3.05, 3.63) is 29.3 Å². The lowest BCUT2D eigenvalue weighted by Crippen LogP contribution is -2.35. The maximum atomic E-state index is 10.2. The minimum Gasteiger partial charge on any atom is -0.487 e. The van der Waals surface area contributed by atoms with E-state index in [0.29, 0.717) is 12.3 Å². The van der Waals surface area contributed by atoms with Crippen molar-refractivity contribution in [3.63, 3.8) is 0 Å². The van der Waals surface area contributed by atoms with Gasteiger partial charge in [0.2, 0.25) is 0 Å². The molecule has 2 nitrogen and oxygen atoms in total. The predicted molar refractivity (Wildman–Crippen MR) is 69.4 cm³/mol. The van der Waals surface area contributed by atoms with E-state index in [9.17, 15) is 5.11 Å². The van der Waals surface area contributed by atoms with Crippen LogP contribution in [0.15, 0.2) is 18.2 Å². The predicted octanol–water partition coefficient (Wildman–Crippen LogP) is 3.79. The first-order valence-corrected chi connectivity index (χ1v) is 6.44. The molecule has 0 aliphatic carbocycles. The van der Waals surface area contributed by atoms with E-state index in [1.165, 1.54) is 5.56 Å². The van der Waals surface area contributed by atoms with E-state index in [-0.39, 0.29) is 5.60 Å². The fourth-order valence-electron chi connectivity index (χ4n) is 2.46. The van der Waals surface area contributed by atoms with Crippen LogP contribution in [0.3, 0.4) is 0 Å². The summed E-state index contributed by atoms with van der Waals surface area (Å²) in [6, 6.07) is 6.10. The van der Waals surface area contributed by atoms with E-state index in [4.69, 9.17) is 4.74 Å². The SMILES string of the molecule is CCC(C)c1cccc2c1OC(C)(C)CC2O. The first kappa shape index (κ1) is 12.4. The molecule has 2 unspecified atom stereocenters. The highest BCUT2D eigenvalue weighted by molar-refractivity contribution is 5.46. The molecular weight excluding hydrogens is 212 g/mol. The number of aliphatic hydroxyl groups excluding tert-OH is 1. The highest BCUT2D eigenvalue weighted by atomic mass is 16.5. The number of hydrogen-bond acceptors (Lipinski definition) is 2. The van der Waals surface area contributed by atoms with Gasteiger partial charge in [0.15, 0.2) is 0 Å². The second-order valence-corrected chi connectivity index (χ2v) is 5.66. The lowest BCUT2D eigenvalue weighted by atomic mass is 9.87. The summed E-state index contributed by atoms with van der Waals surface area (Å²) in [7, 11) is 0. The average molecular weight is 234 g/mol. The van der Waals surface area contributed by atoms with E-state index in [0.717, 1.165) is 17.7 Å². The molecule has 1 aromatic carbocycles. The Hall–Kier alpha value is -1.02. The van der Waals surface area contributed by atoms with Gasteiger partial charge in [-0.1, -0.05) is 32.0 Å². The van der Waals surface area contributed by atoms with Crippen LogP contribution in [0.25, 0.3) is 0 Å². The molecule has 0 bridgehead atoms. The molecule has 0 fully saturated rings. The zero-order chi connectivity index (χ0) is 12.6. The number of fused-ring (bicyclic) bond motifs is 1. The van der Waals surface area contributed by atoms with Crippen LogP contribution in [0.5, 0.6) is 5.75 Å². The molecule has 2 atom stereocenters. The summed E-state index contributed by atoms with van der Waals surface area (Å²) in [6.45, 7) is 8.44. The molecule has 0 saturated heterocycles. The molecule has 94 valence electrons. The average Bonchev–Trinajstić information content (AvgIpc) is 2.26. The standard InChI is InChI=1S/C15H22O2/c1-5-10(2)11-7-6-8-12-13(16)9-15(3,4)17-14(11)12/h6-8,10,13,16H,5,9H2,1-4H3. The van der Waals surface area contributed by atoms with E-state index in [1.54, 1.807) is 0 Å². The molecule has 1 N–H and O–H groups in total. The molecule has 1 aliphatic heterocycles. The van der Waals surface area contributed by atoms with Gasteiger partial charge in [0.25, 0.3) is 0 Å². The number of para-hydroxylation sites is 1. The Morgan fingerprint density at radius 2 is 2.18 bits per heavy atom. The Kier molecular flexibility index (Phi) is 3.17. The molecule has 0 saturated carbocycles. The Morgan fingerprint density at radius 3 is 2.82 bits per heavy atom. The minimum absolute atomic E-state index is 0.282. The molecule has 17 heavy (non-hydrogen) atoms. The summed E-state index contributed by atoms with van der Waals surface area (Å²) < 4.78 is 6.08. The van der Waals surface area contributed by atoms with Crippen molar-refractivity contribution < 1.29 is 9.84 Å². The van der Waals surface area contributed by atoms with Crippen molar-refractivity contribution in [2.45, 2.75) is 58.2 Å². The monoisotopic (exact) mass is 234 g/mol. The molecule has 0 aromatic heterocycles. The topological polar surface area (TPSA) is 29.5 Å². The summed E-state index contributed by atoms with van der Waals surface area (Å²) in [6.07, 6.45) is 1.33. The van der Waals surface area contributed by atoms with Gasteiger partial charge in [-0.2, -0.15) is 0 Å². The zero-order valence-electron chi connectivity index (χ0n) is 11.2. The molecular formula is C15H22O2. The van der Waals surface area contributed by atoms with Crippen LogP contribution in [0.1, 0.15) is 63.7 Å². The Labute approximate surface area is 104 Å². The van der Waals surface area contributed by atoms with Crippen LogP contribution >= 0.6 is 0 Å². The highest BCUT2D eigenvalue weighted by Gasteiger charge is 2.34. The second kappa shape index (κ2) is 4.34. The van der Waals surface area contributed by atoms with Gasteiger partial charge in [-0.25, -0.2) is 0 Å². The fraction of sp³-hybridized carbons (Fsp3) is 0.600. The van der Waals surface area contributed by atoms with Gasteiger partial charge in [0.1, 0.15) is 11.4 Å². The van der Waals surface area contributed by atoms with E-state index in [2.05, 4.69) is 19.9 Å². The van der Waals surface area contributed by atoms with Gasteiger partial charge in [-0.3, -0.25) is 0 Å². The summed E-state index contributed by atoms with van der Waals surface area (Å²) in [5.41, 5.74) is 1.88. The summed E-state index contributed by atoms with van der Waals surface area (Å²) in [5.74, 6) is 1.37. The lowest BCUT2D eigenvalue weighted by Gasteiger charge is -2.37. The third-order valence-corrected chi connectivity index (χ3v) is 3.64. The van der Waals surface area contributed by atoms with E-state index < -0.39 is 6.10 Å². The molecule has 2 rings (SSSR count). The van der Waals surface area contributed by atoms with Crippen molar-refractivity contribution in [1.82, 2.24) is 0 Å². The van der Waals surface area contributed by atoms with Gasteiger partial charge in [-0.15, -0.1) is 0 Å². The number of benzene rings is 1. The maximum absolute atomic E-state index is 10.2. The molecule has 0 radical (unpaired) electrons. The van der Waals surface area contributed by atoms with Gasteiger partial charge < -0.3 is 9.84 Å². The Bertz CT molecular complexity index is 409. The van der Waals surface area contributed by atoms with Crippen molar-refractivity contribution in [1.29, 1.82) is 0 Å². The van der Waals surface area contributed by atoms with Gasteiger partial charge >= 0.3 is 0 Å². The molecule has 1 aromatic rings. The van der Waals surface area contributed by atoms with Crippen LogP contribution in [-0.4, -0.2) is 10.7 Å².